The smallest absolute Gasteiger partial charge is 0.336 e. The van der Waals surface area contributed by atoms with Crippen LogP contribution in [0.2, 0.25) is 0 Å². The lowest BCUT2D eigenvalue weighted by Gasteiger charge is -2.34. The van der Waals surface area contributed by atoms with Gasteiger partial charge in [-0.05, 0) is 44.4 Å². The third kappa shape index (κ3) is 5.16. The van der Waals surface area contributed by atoms with E-state index in [4.69, 9.17) is 14.2 Å². The molecule has 1 aliphatic carbocycles. The molecule has 0 saturated carbocycles. The first kappa shape index (κ1) is 23.6. The van der Waals surface area contributed by atoms with E-state index < -0.39 is 11.9 Å². The molecule has 0 fully saturated rings. The zero-order valence-electron chi connectivity index (χ0n) is 19.8. The molecule has 6 heteroatoms. The molecule has 0 spiro atoms. The number of ketones is 1. The van der Waals surface area contributed by atoms with Crippen LogP contribution >= 0.6 is 0 Å². The summed E-state index contributed by atoms with van der Waals surface area (Å²) in [5.41, 5.74) is 3.51. The van der Waals surface area contributed by atoms with E-state index in [0.29, 0.717) is 35.6 Å². The van der Waals surface area contributed by atoms with Crippen LogP contribution in [0, 0.1) is 0 Å². The zero-order valence-corrected chi connectivity index (χ0v) is 19.8. The highest BCUT2D eigenvalue weighted by atomic mass is 16.6. The molecule has 0 unspecified atom stereocenters. The molecule has 0 radical (unpaired) electrons. The average molecular weight is 462 g/mol. The van der Waals surface area contributed by atoms with Gasteiger partial charge in [-0.3, -0.25) is 4.79 Å². The normalized spacial score (nSPS) is 17.7. The van der Waals surface area contributed by atoms with Crippen molar-refractivity contribution in [3.63, 3.8) is 0 Å². The van der Waals surface area contributed by atoms with E-state index in [1.54, 1.807) is 0 Å². The second kappa shape index (κ2) is 11.1. The van der Waals surface area contributed by atoms with Crippen molar-refractivity contribution in [2.45, 2.75) is 45.4 Å². The van der Waals surface area contributed by atoms with Gasteiger partial charge in [0.1, 0.15) is 24.7 Å². The van der Waals surface area contributed by atoms with Crippen LogP contribution in [0.3, 0.4) is 0 Å². The predicted molar refractivity (Wildman–Crippen MR) is 130 cm³/mol. The van der Waals surface area contributed by atoms with Crippen molar-refractivity contribution in [3.05, 3.63) is 82.7 Å². The van der Waals surface area contributed by atoms with Crippen LogP contribution in [0.15, 0.2) is 77.1 Å². The maximum absolute atomic E-state index is 13.4. The van der Waals surface area contributed by atoms with Crippen molar-refractivity contribution in [2.75, 3.05) is 19.8 Å². The number of ether oxygens (including phenoxy) is 3. The number of para-hydroxylation sites is 2. The number of carbonyl (C=O) groups excluding carboxylic acids is 2. The Morgan fingerprint density at radius 3 is 2.53 bits per heavy atom. The highest BCUT2D eigenvalue weighted by Crippen LogP contribution is 2.45. The van der Waals surface area contributed by atoms with Crippen LogP contribution in [0.4, 0.5) is 0 Å². The van der Waals surface area contributed by atoms with Crippen LogP contribution in [0.5, 0.6) is 11.5 Å². The molecule has 178 valence electrons. The van der Waals surface area contributed by atoms with E-state index in [1.807, 2.05) is 68.4 Å². The van der Waals surface area contributed by atoms with Crippen molar-refractivity contribution < 1.29 is 23.8 Å². The molecule has 34 heavy (non-hydrogen) atoms. The van der Waals surface area contributed by atoms with Crippen LogP contribution < -0.4 is 14.8 Å². The van der Waals surface area contributed by atoms with Crippen molar-refractivity contribution in [1.29, 1.82) is 0 Å². The Morgan fingerprint density at radius 2 is 1.74 bits per heavy atom. The maximum Gasteiger partial charge on any atom is 0.336 e. The minimum Gasteiger partial charge on any atom is -0.493 e. The van der Waals surface area contributed by atoms with E-state index in [1.165, 1.54) is 0 Å². The SMILES string of the molecule is CCCOc1ccccc1[C@H]1C(C(=O)OCCOc2ccccc2)=C(C)NC2=C1C(=O)CCC2. The quantitative estimate of drug-likeness (QED) is 0.415. The number of rotatable bonds is 9. The molecule has 0 bridgehead atoms. The summed E-state index contributed by atoms with van der Waals surface area (Å²) in [6, 6.07) is 17.0. The first-order valence-electron chi connectivity index (χ1n) is 11.9. The zero-order chi connectivity index (χ0) is 23.9. The van der Waals surface area contributed by atoms with E-state index in [2.05, 4.69) is 5.32 Å². The Bertz CT molecular complexity index is 1100. The van der Waals surface area contributed by atoms with Gasteiger partial charge in [0, 0.05) is 29.0 Å². The lowest BCUT2D eigenvalue weighted by atomic mass is 9.75. The molecule has 2 aromatic rings. The van der Waals surface area contributed by atoms with Gasteiger partial charge in [-0.2, -0.15) is 0 Å². The monoisotopic (exact) mass is 461 g/mol. The second-order valence-electron chi connectivity index (χ2n) is 8.45. The van der Waals surface area contributed by atoms with Crippen LogP contribution in [-0.4, -0.2) is 31.6 Å². The number of Topliss-reactive ketones (excluding diaryl/α,β-unsaturated/α-hetero) is 1. The molecular formula is C28H31NO5. The molecule has 0 amide bonds. The molecular weight excluding hydrogens is 430 g/mol. The van der Waals surface area contributed by atoms with E-state index in [0.717, 1.165) is 36.3 Å². The predicted octanol–water partition coefficient (Wildman–Crippen LogP) is 5.07. The average Bonchev–Trinajstić information content (AvgIpc) is 2.85. The molecule has 0 aromatic heterocycles. The van der Waals surface area contributed by atoms with Gasteiger partial charge in [0.25, 0.3) is 0 Å². The summed E-state index contributed by atoms with van der Waals surface area (Å²) in [5, 5.41) is 3.32. The summed E-state index contributed by atoms with van der Waals surface area (Å²) in [4.78, 5) is 26.5. The summed E-state index contributed by atoms with van der Waals surface area (Å²) in [5.74, 6) is 0.485. The largest absolute Gasteiger partial charge is 0.493 e. The number of esters is 1. The van der Waals surface area contributed by atoms with Gasteiger partial charge in [0.2, 0.25) is 0 Å². The van der Waals surface area contributed by atoms with E-state index in [9.17, 15) is 9.59 Å². The summed E-state index contributed by atoms with van der Waals surface area (Å²) in [6.07, 6.45) is 2.91. The fourth-order valence-electron chi connectivity index (χ4n) is 4.52. The number of allylic oxidation sites excluding steroid dienone is 3. The van der Waals surface area contributed by atoms with Gasteiger partial charge in [0.05, 0.1) is 18.1 Å². The maximum atomic E-state index is 13.4. The number of hydrogen-bond donors (Lipinski definition) is 1. The van der Waals surface area contributed by atoms with Crippen molar-refractivity contribution in [3.8, 4) is 11.5 Å². The minimum absolute atomic E-state index is 0.0641. The van der Waals surface area contributed by atoms with Crippen LogP contribution in [0.25, 0.3) is 0 Å². The second-order valence-corrected chi connectivity index (χ2v) is 8.45. The van der Waals surface area contributed by atoms with Gasteiger partial charge in [-0.25, -0.2) is 4.79 Å². The summed E-state index contributed by atoms with van der Waals surface area (Å²) < 4.78 is 17.3. The fourth-order valence-corrected chi connectivity index (χ4v) is 4.52. The molecule has 2 aliphatic rings. The van der Waals surface area contributed by atoms with Crippen LogP contribution in [-0.2, 0) is 14.3 Å². The molecule has 4 rings (SSSR count). The molecule has 1 N–H and O–H groups in total. The van der Waals surface area contributed by atoms with Gasteiger partial charge in [-0.15, -0.1) is 0 Å². The summed E-state index contributed by atoms with van der Waals surface area (Å²) in [7, 11) is 0. The van der Waals surface area contributed by atoms with E-state index >= 15 is 0 Å². The topological polar surface area (TPSA) is 73.9 Å². The fraction of sp³-hybridized carbons (Fsp3) is 0.357. The summed E-state index contributed by atoms with van der Waals surface area (Å²) in [6.45, 7) is 4.81. The number of dihydropyridines is 1. The first-order chi connectivity index (χ1) is 16.6. The summed E-state index contributed by atoms with van der Waals surface area (Å²) >= 11 is 0. The van der Waals surface area contributed by atoms with Gasteiger partial charge >= 0.3 is 5.97 Å². The Balaban J connectivity index is 1.61. The Morgan fingerprint density at radius 1 is 0.971 bits per heavy atom. The first-order valence-corrected chi connectivity index (χ1v) is 11.9. The Kier molecular flexibility index (Phi) is 7.68. The highest BCUT2D eigenvalue weighted by molar-refractivity contribution is 6.04. The lowest BCUT2D eigenvalue weighted by molar-refractivity contribution is -0.140. The van der Waals surface area contributed by atoms with Gasteiger partial charge in [-0.1, -0.05) is 43.3 Å². The number of benzene rings is 2. The lowest BCUT2D eigenvalue weighted by Crippen LogP contribution is -2.34. The number of hydrogen-bond acceptors (Lipinski definition) is 6. The Hall–Kier alpha value is -3.54. The van der Waals surface area contributed by atoms with Crippen molar-refractivity contribution in [2.24, 2.45) is 0 Å². The van der Waals surface area contributed by atoms with Gasteiger partial charge in [0.15, 0.2) is 5.78 Å². The molecule has 1 aliphatic heterocycles. The third-order valence-corrected chi connectivity index (χ3v) is 6.02. The van der Waals surface area contributed by atoms with Gasteiger partial charge < -0.3 is 19.5 Å². The highest BCUT2D eigenvalue weighted by Gasteiger charge is 2.40. The van der Waals surface area contributed by atoms with Crippen molar-refractivity contribution >= 4 is 11.8 Å². The third-order valence-electron chi connectivity index (χ3n) is 6.02. The standard InChI is InChI=1S/C28H31NO5/c1-3-16-33-24-15-8-7-12-21(24)26-25(19(2)29-22-13-9-14-23(30)27(22)26)28(31)34-18-17-32-20-10-5-4-6-11-20/h4-8,10-12,15,26,29H,3,9,13-14,16-18H2,1-2H3/t26-/m0/s1. The molecule has 2 aromatic carbocycles. The van der Waals surface area contributed by atoms with Crippen LogP contribution in [0.1, 0.15) is 51.0 Å². The molecule has 6 nitrogen and oxygen atoms in total. The molecule has 0 saturated heterocycles. The molecule has 1 heterocycles. The number of nitrogens with one attached hydrogen (secondary N) is 1. The Labute approximate surface area is 200 Å². The number of carbonyl (C=O) groups is 2. The minimum atomic E-state index is -0.528. The van der Waals surface area contributed by atoms with Crippen molar-refractivity contribution in [1.82, 2.24) is 5.32 Å². The van der Waals surface area contributed by atoms with E-state index in [-0.39, 0.29) is 19.0 Å². The molecule has 1 atom stereocenters.